The van der Waals surface area contributed by atoms with Gasteiger partial charge in [-0.3, -0.25) is 23.7 Å². The van der Waals surface area contributed by atoms with E-state index >= 15 is 0 Å². The number of nitrogens with one attached hydrogen (secondary N) is 1. The van der Waals surface area contributed by atoms with Crippen LogP contribution in [0.15, 0.2) is 18.6 Å². The van der Waals surface area contributed by atoms with Crippen molar-refractivity contribution in [3.05, 3.63) is 29.8 Å². The number of ether oxygens (including phenoxy) is 1. The Labute approximate surface area is 196 Å². The third kappa shape index (κ3) is 5.91. The molecule has 2 N–H and O–H groups in total. The summed E-state index contributed by atoms with van der Waals surface area (Å²) in [5.74, 6) is -1.50. The van der Waals surface area contributed by atoms with Gasteiger partial charge in [-0.15, -0.1) is 0 Å². The average Bonchev–Trinajstić information content (AvgIpc) is 3.44. The van der Waals surface area contributed by atoms with Gasteiger partial charge in [-0.2, -0.15) is 10.2 Å². The molecular formula is C21H29N7O6. The van der Waals surface area contributed by atoms with Gasteiger partial charge < -0.3 is 25.0 Å². The lowest BCUT2D eigenvalue weighted by Crippen LogP contribution is -2.52. The minimum Gasteiger partial charge on any atom is -0.481 e. The number of amides is 3. The minimum atomic E-state index is -0.950. The van der Waals surface area contributed by atoms with E-state index in [0.29, 0.717) is 44.2 Å². The van der Waals surface area contributed by atoms with E-state index in [4.69, 9.17) is 9.84 Å². The quantitative estimate of drug-likeness (QED) is 0.573. The molecule has 184 valence electrons. The van der Waals surface area contributed by atoms with Crippen LogP contribution in [0.4, 0.5) is 10.5 Å². The Kier molecular flexibility index (Phi) is 7.87. The molecule has 1 saturated heterocycles. The molecule has 1 unspecified atom stereocenters. The largest absolute Gasteiger partial charge is 0.481 e. The van der Waals surface area contributed by atoms with Crippen LogP contribution in [0.1, 0.15) is 42.4 Å². The molecule has 0 spiro atoms. The molecule has 1 aliphatic rings. The van der Waals surface area contributed by atoms with Gasteiger partial charge in [0.25, 0.3) is 5.91 Å². The van der Waals surface area contributed by atoms with Crippen LogP contribution in [-0.2, 0) is 20.9 Å². The van der Waals surface area contributed by atoms with Gasteiger partial charge in [0, 0.05) is 38.6 Å². The summed E-state index contributed by atoms with van der Waals surface area (Å²) in [6.45, 7) is 7.26. The number of rotatable bonds is 8. The highest BCUT2D eigenvalue weighted by atomic mass is 16.6. The van der Waals surface area contributed by atoms with E-state index in [9.17, 15) is 19.2 Å². The van der Waals surface area contributed by atoms with E-state index < -0.39 is 17.9 Å². The SMILES string of the molecule is CCOC(=O)N1CCN(C(=O)C(C)n2cc(NC(=O)c3cnn(CCC(=O)O)c3)c(C)n2)CC1. The van der Waals surface area contributed by atoms with Gasteiger partial charge in [0.2, 0.25) is 5.91 Å². The number of anilines is 1. The smallest absolute Gasteiger partial charge is 0.409 e. The van der Waals surface area contributed by atoms with Crippen molar-refractivity contribution in [2.45, 2.75) is 39.8 Å². The van der Waals surface area contributed by atoms with Crippen molar-refractivity contribution >= 4 is 29.6 Å². The van der Waals surface area contributed by atoms with Crippen LogP contribution in [0.3, 0.4) is 0 Å². The molecule has 2 aromatic heterocycles. The molecule has 1 atom stereocenters. The Morgan fingerprint density at radius 1 is 1.15 bits per heavy atom. The average molecular weight is 476 g/mol. The first-order valence-electron chi connectivity index (χ1n) is 11.0. The third-order valence-corrected chi connectivity index (χ3v) is 5.49. The third-order valence-electron chi connectivity index (χ3n) is 5.49. The van der Waals surface area contributed by atoms with Gasteiger partial charge in [-0.1, -0.05) is 0 Å². The monoisotopic (exact) mass is 475 g/mol. The van der Waals surface area contributed by atoms with Crippen LogP contribution in [0.5, 0.6) is 0 Å². The summed E-state index contributed by atoms with van der Waals surface area (Å²) in [5.41, 5.74) is 1.27. The molecule has 1 aliphatic heterocycles. The summed E-state index contributed by atoms with van der Waals surface area (Å²) in [5, 5.41) is 19.9. The van der Waals surface area contributed by atoms with E-state index in [-0.39, 0.29) is 30.5 Å². The number of carboxylic acids is 1. The number of aliphatic carboxylic acids is 1. The first-order chi connectivity index (χ1) is 16.2. The molecule has 0 bridgehead atoms. The van der Waals surface area contributed by atoms with Crippen LogP contribution in [-0.4, -0.2) is 91.1 Å². The van der Waals surface area contributed by atoms with Crippen LogP contribution in [0, 0.1) is 6.92 Å². The minimum absolute atomic E-state index is 0.0988. The molecule has 34 heavy (non-hydrogen) atoms. The van der Waals surface area contributed by atoms with Gasteiger partial charge in [0.15, 0.2) is 0 Å². The normalized spacial score (nSPS) is 14.6. The van der Waals surface area contributed by atoms with E-state index in [1.165, 1.54) is 21.8 Å². The second-order valence-electron chi connectivity index (χ2n) is 7.89. The zero-order chi connectivity index (χ0) is 24.8. The standard InChI is InChI=1S/C21H29N7O6/c1-4-34-21(33)26-9-7-25(8-10-26)20(32)15(3)28-13-17(14(2)24-28)23-19(31)16-11-22-27(12-16)6-5-18(29)30/h11-13,15H,4-10H2,1-3H3,(H,23,31)(H,29,30). The second kappa shape index (κ2) is 10.8. The molecule has 13 nitrogen and oxygen atoms in total. The summed E-state index contributed by atoms with van der Waals surface area (Å²) in [7, 11) is 0. The molecule has 1 fully saturated rings. The van der Waals surface area contributed by atoms with Crippen LogP contribution in [0.25, 0.3) is 0 Å². The number of hydrogen-bond acceptors (Lipinski definition) is 7. The van der Waals surface area contributed by atoms with Crippen molar-refractivity contribution in [2.24, 2.45) is 0 Å². The number of carbonyl (C=O) groups excluding carboxylic acids is 3. The lowest BCUT2D eigenvalue weighted by atomic mass is 10.2. The number of carbonyl (C=O) groups is 4. The van der Waals surface area contributed by atoms with Crippen LogP contribution < -0.4 is 5.32 Å². The van der Waals surface area contributed by atoms with Crippen molar-refractivity contribution in [3.63, 3.8) is 0 Å². The number of hydrogen-bond donors (Lipinski definition) is 2. The van der Waals surface area contributed by atoms with Gasteiger partial charge in [0.05, 0.1) is 42.7 Å². The Hall–Kier alpha value is -3.90. The van der Waals surface area contributed by atoms with E-state index in [1.54, 1.807) is 36.8 Å². The Balaban J connectivity index is 1.58. The van der Waals surface area contributed by atoms with Crippen molar-refractivity contribution in [3.8, 4) is 0 Å². The fraction of sp³-hybridized carbons (Fsp3) is 0.524. The first kappa shape index (κ1) is 24.7. The number of piperazine rings is 1. The second-order valence-corrected chi connectivity index (χ2v) is 7.89. The highest BCUT2D eigenvalue weighted by molar-refractivity contribution is 6.04. The fourth-order valence-corrected chi connectivity index (χ4v) is 3.51. The summed E-state index contributed by atoms with van der Waals surface area (Å²) in [6, 6.07) is -0.600. The van der Waals surface area contributed by atoms with Crippen molar-refractivity contribution in [1.82, 2.24) is 29.4 Å². The maximum absolute atomic E-state index is 13.0. The summed E-state index contributed by atoms with van der Waals surface area (Å²) in [4.78, 5) is 51.3. The molecule has 0 aromatic carbocycles. The lowest BCUT2D eigenvalue weighted by Gasteiger charge is -2.35. The first-order valence-corrected chi connectivity index (χ1v) is 11.0. The fourth-order valence-electron chi connectivity index (χ4n) is 3.51. The number of aryl methyl sites for hydroxylation is 2. The molecule has 0 radical (unpaired) electrons. The van der Waals surface area contributed by atoms with E-state index in [2.05, 4.69) is 15.5 Å². The van der Waals surface area contributed by atoms with Gasteiger partial charge in [0.1, 0.15) is 6.04 Å². The molecule has 13 heteroatoms. The van der Waals surface area contributed by atoms with E-state index in [0.717, 1.165) is 0 Å². The van der Waals surface area contributed by atoms with Gasteiger partial charge in [-0.25, -0.2) is 4.79 Å². The molecular weight excluding hydrogens is 446 g/mol. The number of aromatic nitrogens is 4. The summed E-state index contributed by atoms with van der Waals surface area (Å²) in [6.07, 6.45) is 3.95. The molecule has 0 aliphatic carbocycles. The number of carboxylic acid groups (broad SMARTS) is 1. The van der Waals surface area contributed by atoms with Crippen molar-refractivity contribution in [1.29, 1.82) is 0 Å². The van der Waals surface area contributed by atoms with E-state index in [1.807, 2.05) is 0 Å². The zero-order valence-corrected chi connectivity index (χ0v) is 19.4. The van der Waals surface area contributed by atoms with Crippen LogP contribution in [0.2, 0.25) is 0 Å². The highest BCUT2D eigenvalue weighted by Gasteiger charge is 2.29. The lowest BCUT2D eigenvalue weighted by molar-refractivity contribution is -0.137. The maximum Gasteiger partial charge on any atom is 0.409 e. The topological polar surface area (TPSA) is 152 Å². The van der Waals surface area contributed by atoms with Crippen LogP contribution >= 0.6 is 0 Å². The van der Waals surface area contributed by atoms with Gasteiger partial charge >= 0.3 is 12.1 Å². The molecule has 3 rings (SSSR count). The maximum atomic E-state index is 13.0. The Morgan fingerprint density at radius 2 is 1.82 bits per heavy atom. The van der Waals surface area contributed by atoms with Crippen molar-refractivity contribution in [2.75, 3.05) is 38.1 Å². The Bertz CT molecular complexity index is 1050. The highest BCUT2D eigenvalue weighted by Crippen LogP contribution is 2.19. The molecule has 3 amide bonds. The zero-order valence-electron chi connectivity index (χ0n) is 19.4. The molecule has 3 heterocycles. The Morgan fingerprint density at radius 3 is 2.47 bits per heavy atom. The molecule has 2 aromatic rings. The number of nitrogens with zero attached hydrogens (tertiary/aromatic N) is 6. The predicted molar refractivity (Wildman–Crippen MR) is 119 cm³/mol. The summed E-state index contributed by atoms with van der Waals surface area (Å²) >= 11 is 0. The molecule has 0 saturated carbocycles. The van der Waals surface area contributed by atoms with Crippen molar-refractivity contribution < 1.29 is 29.0 Å². The predicted octanol–water partition coefficient (Wildman–Crippen LogP) is 0.977. The van der Waals surface area contributed by atoms with Gasteiger partial charge in [-0.05, 0) is 20.8 Å². The summed E-state index contributed by atoms with van der Waals surface area (Å²) < 4.78 is 7.89.